The molecular formula is C18H19ClN4O4. The first-order valence-electron chi connectivity index (χ1n) is 8.17. The molecule has 0 aliphatic carbocycles. The summed E-state index contributed by atoms with van der Waals surface area (Å²) in [6, 6.07) is 6.60. The van der Waals surface area contributed by atoms with Gasteiger partial charge in [0.2, 0.25) is 5.91 Å². The SMILES string of the molecule is CC(C)c1ncc(Cl)c(C(=O)Nc2ccc(CC(=O)NCC(=O)O)cc2)n1. The Kier molecular flexibility index (Phi) is 6.84. The fourth-order valence-electron chi connectivity index (χ4n) is 2.14. The third-order valence-electron chi connectivity index (χ3n) is 3.51. The Bertz CT molecular complexity index is 853. The van der Waals surface area contributed by atoms with Crippen LogP contribution in [0.15, 0.2) is 30.5 Å². The van der Waals surface area contributed by atoms with E-state index in [4.69, 9.17) is 16.7 Å². The number of hydrogen-bond acceptors (Lipinski definition) is 5. The molecule has 1 aromatic carbocycles. The van der Waals surface area contributed by atoms with Crippen molar-refractivity contribution in [3.05, 3.63) is 52.6 Å². The number of nitrogens with zero attached hydrogens (tertiary/aromatic N) is 2. The van der Waals surface area contributed by atoms with Gasteiger partial charge in [-0.2, -0.15) is 0 Å². The normalized spacial score (nSPS) is 10.5. The van der Waals surface area contributed by atoms with E-state index < -0.39 is 24.3 Å². The fourth-order valence-corrected chi connectivity index (χ4v) is 2.31. The summed E-state index contributed by atoms with van der Waals surface area (Å²) in [6.07, 6.45) is 1.44. The average Bonchev–Trinajstić information content (AvgIpc) is 2.61. The third kappa shape index (κ3) is 6.03. The molecule has 0 unspecified atom stereocenters. The maximum Gasteiger partial charge on any atom is 0.322 e. The van der Waals surface area contributed by atoms with Crippen molar-refractivity contribution in [2.45, 2.75) is 26.2 Å². The number of nitrogens with one attached hydrogen (secondary N) is 2. The van der Waals surface area contributed by atoms with Gasteiger partial charge in [-0.15, -0.1) is 0 Å². The smallest absolute Gasteiger partial charge is 0.322 e. The molecule has 3 N–H and O–H groups in total. The second kappa shape index (κ2) is 9.09. The second-order valence-corrected chi connectivity index (χ2v) is 6.48. The maximum atomic E-state index is 12.4. The summed E-state index contributed by atoms with van der Waals surface area (Å²) in [4.78, 5) is 42.8. The van der Waals surface area contributed by atoms with Crippen LogP contribution in [0.1, 0.15) is 41.6 Å². The van der Waals surface area contributed by atoms with Gasteiger partial charge in [-0.3, -0.25) is 14.4 Å². The van der Waals surface area contributed by atoms with Gasteiger partial charge in [0.05, 0.1) is 17.6 Å². The van der Waals surface area contributed by atoms with E-state index >= 15 is 0 Å². The highest BCUT2D eigenvalue weighted by atomic mass is 35.5. The van der Waals surface area contributed by atoms with Gasteiger partial charge in [-0.25, -0.2) is 9.97 Å². The Morgan fingerprint density at radius 2 is 1.85 bits per heavy atom. The van der Waals surface area contributed by atoms with Gasteiger partial charge in [0.15, 0.2) is 5.69 Å². The zero-order valence-electron chi connectivity index (χ0n) is 14.8. The summed E-state index contributed by atoms with van der Waals surface area (Å²) < 4.78 is 0. The lowest BCUT2D eigenvalue weighted by Crippen LogP contribution is -2.30. The number of benzene rings is 1. The van der Waals surface area contributed by atoms with E-state index in [1.165, 1.54) is 6.20 Å². The lowest BCUT2D eigenvalue weighted by molar-refractivity contribution is -0.137. The number of amides is 2. The van der Waals surface area contributed by atoms with E-state index in [-0.39, 0.29) is 23.1 Å². The summed E-state index contributed by atoms with van der Waals surface area (Å²) in [7, 11) is 0. The fraction of sp³-hybridized carbons (Fsp3) is 0.278. The quantitative estimate of drug-likeness (QED) is 0.666. The molecule has 1 heterocycles. The van der Waals surface area contributed by atoms with Crippen LogP contribution in [0.3, 0.4) is 0 Å². The molecule has 0 saturated heterocycles. The molecule has 8 nitrogen and oxygen atoms in total. The Morgan fingerprint density at radius 1 is 1.19 bits per heavy atom. The highest BCUT2D eigenvalue weighted by Gasteiger charge is 2.16. The molecule has 0 aliphatic rings. The Morgan fingerprint density at radius 3 is 2.44 bits per heavy atom. The predicted octanol–water partition coefficient (Wildman–Crippen LogP) is 2.25. The first-order chi connectivity index (χ1) is 12.8. The number of carbonyl (C=O) groups is 3. The number of carbonyl (C=O) groups excluding carboxylic acids is 2. The molecule has 0 saturated carbocycles. The lowest BCUT2D eigenvalue weighted by Gasteiger charge is -2.09. The van der Waals surface area contributed by atoms with Gasteiger partial charge < -0.3 is 15.7 Å². The van der Waals surface area contributed by atoms with E-state index in [0.717, 1.165) is 0 Å². The Balaban J connectivity index is 2.02. The summed E-state index contributed by atoms with van der Waals surface area (Å²) in [6.45, 7) is 3.40. The third-order valence-corrected chi connectivity index (χ3v) is 3.78. The van der Waals surface area contributed by atoms with E-state index in [9.17, 15) is 14.4 Å². The van der Waals surface area contributed by atoms with Crippen molar-refractivity contribution < 1.29 is 19.5 Å². The molecule has 0 radical (unpaired) electrons. The van der Waals surface area contributed by atoms with E-state index in [1.54, 1.807) is 24.3 Å². The topological polar surface area (TPSA) is 121 Å². The summed E-state index contributed by atoms with van der Waals surface area (Å²) in [5.41, 5.74) is 1.28. The standard InChI is InChI=1S/C18H19ClN4O4/c1-10(2)17-21-8-13(19)16(23-17)18(27)22-12-5-3-11(4-6-12)7-14(24)20-9-15(25)26/h3-6,8,10H,7,9H2,1-2H3,(H,20,24)(H,22,27)(H,25,26). The minimum atomic E-state index is -1.11. The molecule has 0 aliphatic heterocycles. The molecule has 27 heavy (non-hydrogen) atoms. The van der Waals surface area contributed by atoms with Crippen molar-refractivity contribution in [3.8, 4) is 0 Å². The Hall–Kier alpha value is -3.00. The van der Waals surface area contributed by atoms with Gasteiger partial charge >= 0.3 is 5.97 Å². The van der Waals surface area contributed by atoms with Gasteiger partial charge in [-0.1, -0.05) is 37.6 Å². The van der Waals surface area contributed by atoms with Crippen LogP contribution in [0.5, 0.6) is 0 Å². The van der Waals surface area contributed by atoms with Gasteiger partial charge in [0.1, 0.15) is 12.4 Å². The number of anilines is 1. The van der Waals surface area contributed by atoms with E-state index in [1.807, 2.05) is 13.8 Å². The van der Waals surface area contributed by atoms with Gasteiger partial charge in [0.25, 0.3) is 5.91 Å². The minimum absolute atomic E-state index is 0.0387. The first-order valence-corrected chi connectivity index (χ1v) is 8.55. The highest BCUT2D eigenvalue weighted by molar-refractivity contribution is 6.33. The van der Waals surface area contributed by atoms with Crippen LogP contribution in [0.2, 0.25) is 5.02 Å². The zero-order valence-corrected chi connectivity index (χ0v) is 15.6. The molecule has 1 aromatic heterocycles. The van der Waals surface area contributed by atoms with Crippen LogP contribution >= 0.6 is 11.6 Å². The van der Waals surface area contributed by atoms with E-state index in [2.05, 4.69) is 20.6 Å². The monoisotopic (exact) mass is 390 g/mol. The largest absolute Gasteiger partial charge is 0.480 e. The molecule has 9 heteroatoms. The summed E-state index contributed by atoms with van der Waals surface area (Å²) >= 11 is 6.02. The average molecular weight is 391 g/mol. The molecular weight excluding hydrogens is 372 g/mol. The number of aromatic nitrogens is 2. The van der Waals surface area contributed by atoms with Crippen molar-refractivity contribution in [2.75, 3.05) is 11.9 Å². The van der Waals surface area contributed by atoms with Crippen LogP contribution < -0.4 is 10.6 Å². The zero-order chi connectivity index (χ0) is 20.0. The van der Waals surface area contributed by atoms with Crippen molar-refractivity contribution >= 4 is 35.1 Å². The summed E-state index contributed by atoms with van der Waals surface area (Å²) in [5, 5.41) is 13.7. The maximum absolute atomic E-state index is 12.4. The van der Waals surface area contributed by atoms with Gasteiger partial charge in [-0.05, 0) is 17.7 Å². The van der Waals surface area contributed by atoms with Crippen LogP contribution in [0.25, 0.3) is 0 Å². The van der Waals surface area contributed by atoms with Gasteiger partial charge in [0, 0.05) is 11.6 Å². The highest BCUT2D eigenvalue weighted by Crippen LogP contribution is 2.18. The van der Waals surface area contributed by atoms with Crippen molar-refractivity contribution in [1.82, 2.24) is 15.3 Å². The van der Waals surface area contributed by atoms with Crippen molar-refractivity contribution in [1.29, 1.82) is 0 Å². The minimum Gasteiger partial charge on any atom is -0.480 e. The van der Waals surface area contributed by atoms with Crippen LogP contribution in [0, 0.1) is 0 Å². The number of aliphatic carboxylic acids is 1. The number of rotatable bonds is 7. The van der Waals surface area contributed by atoms with E-state index in [0.29, 0.717) is 17.1 Å². The Labute approximate surface area is 161 Å². The molecule has 2 rings (SSSR count). The van der Waals surface area contributed by atoms with Crippen LogP contribution in [-0.2, 0) is 16.0 Å². The second-order valence-electron chi connectivity index (χ2n) is 6.08. The van der Waals surface area contributed by atoms with Crippen molar-refractivity contribution in [2.24, 2.45) is 0 Å². The molecule has 2 amide bonds. The molecule has 0 bridgehead atoms. The molecule has 142 valence electrons. The van der Waals surface area contributed by atoms with Crippen LogP contribution in [0.4, 0.5) is 5.69 Å². The number of halogens is 1. The first kappa shape index (κ1) is 20.3. The number of carboxylic acid groups (broad SMARTS) is 1. The number of carboxylic acids is 1. The molecule has 2 aromatic rings. The molecule has 0 spiro atoms. The van der Waals surface area contributed by atoms with Crippen LogP contribution in [-0.4, -0.2) is 39.4 Å². The predicted molar refractivity (Wildman–Crippen MR) is 99.9 cm³/mol. The summed E-state index contributed by atoms with van der Waals surface area (Å²) in [5.74, 6) is -1.39. The van der Waals surface area contributed by atoms with Crippen molar-refractivity contribution in [3.63, 3.8) is 0 Å². The molecule has 0 atom stereocenters. The lowest BCUT2D eigenvalue weighted by atomic mass is 10.1. The molecule has 0 fully saturated rings. The number of hydrogen-bond donors (Lipinski definition) is 3.